The third-order valence-electron chi connectivity index (χ3n) is 1.74. The maximum absolute atomic E-state index is 5.27. The Labute approximate surface area is 72.1 Å². The van der Waals surface area contributed by atoms with Gasteiger partial charge in [0.05, 0.1) is 0 Å². The molecule has 0 amide bonds. The lowest BCUT2D eigenvalue weighted by Gasteiger charge is -1.93. The van der Waals surface area contributed by atoms with Crippen LogP contribution in [0.15, 0.2) is 4.52 Å². The van der Waals surface area contributed by atoms with Gasteiger partial charge in [0.25, 0.3) is 0 Å². The van der Waals surface area contributed by atoms with Crippen molar-refractivity contribution < 1.29 is 4.52 Å². The van der Waals surface area contributed by atoms with Gasteiger partial charge in [0.2, 0.25) is 0 Å². The highest BCUT2D eigenvalue weighted by molar-refractivity contribution is 5.06. The average Bonchev–Trinajstić information content (AvgIpc) is 2.45. The Morgan fingerprint density at radius 2 is 2.17 bits per heavy atom. The average molecular weight is 169 g/mol. The quantitative estimate of drug-likeness (QED) is 0.682. The zero-order valence-electron chi connectivity index (χ0n) is 7.42. The summed E-state index contributed by atoms with van der Waals surface area (Å²) in [4.78, 5) is 3.91. The molecule has 0 radical (unpaired) electrons. The van der Waals surface area contributed by atoms with E-state index in [9.17, 15) is 0 Å². The molecule has 1 aromatic rings. The van der Waals surface area contributed by atoms with E-state index in [1.54, 1.807) is 0 Å². The fourth-order valence-electron chi connectivity index (χ4n) is 1.08. The molecule has 0 atom stereocenters. The summed E-state index contributed by atoms with van der Waals surface area (Å²) in [7, 11) is 0. The lowest BCUT2D eigenvalue weighted by Crippen LogP contribution is -1.89. The Kier molecular flexibility index (Phi) is 3.57. The third-order valence-corrected chi connectivity index (χ3v) is 1.74. The van der Waals surface area contributed by atoms with Crippen molar-refractivity contribution in [2.75, 3.05) is 5.73 Å². The van der Waals surface area contributed by atoms with Crippen molar-refractivity contribution in [2.24, 2.45) is 0 Å². The molecule has 0 bridgehead atoms. The Morgan fingerprint density at radius 1 is 1.33 bits per heavy atom. The van der Waals surface area contributed by atoms with Crippen molar-refractivity contribution in [3.63, 3.8) is 0 Å². The van der Waals surface area contributed by atoms with Crippen molar-refractivity contribution in [1.29, 1.82) is 0 Å². The number of aromatic nitrogens is 2. The Morgan fingerprint density at radius 3 is 2.75 bits per heavy atom. The first-order chi connectivity index (χ1) is 5.83. The summed E-state index contributed by atoms with van der Waals surface area (Å²) in [5.41, 5.74) is 5.27. The minimum atomic E-state index is 0.167. The Bertz CT molecular complexity index is 222. The summed E-state index contributed by atoms with van der Waals surface area (Å²) in [5, 5.41) is 3.70. The van der Waals surface area contributed by atoms with Gasteiger partial charge >= 0.3 is 6.01 Å². The van der Waals surface area contributed by atoms with E-state index in [2.05, 4.69) is 21.6 Å². The predicted octanol–water partition coefficient (Wildman–Crippen LogP) is 1.77. The van der Waals surface area contributed by atoms with E-state index in [1.807, 2.05) is 0 Å². The van der Waals surface area contributed by atoms with Crippen LogP contribution in [0.4, 0.5) is 6.01 Å². The first-order valence-corrected chi connectivity index (χ1v) is 4.41. The molecule has 0 aliphatic heterocycles. The zero-order valence-corrected chi connectivity index (χ0v) is 7.42. The summed E-state index contributed by atoms with van der Waals surface area (Å²) in [6.07, 6.45) is 5.74. The van der Waals surface area contributed by atoms with Gasteiger partial charge in [-0.15, -0.1) is 0 Å². The molecule has 2 N–H and O–H groups in total. The summed E-state index contributed by atoms with van der Waals surface area (Å²) >= 11 is 0. The highest BCUT2D eigenvalue weighted by atomic mass is 16.5. The maximum atomic E-state index is 5.27. The van der Waals surface area contributed by atoms with Gasteiger partial charge in [-0.25, -0.2) is 0 Å². The second kappa shape index (κ2) is 4.74. The van der Waals surface area contributed by atoms with Gasteiger partial charge in [-0.1, -0.05) is 31.3 Å². The molecule has 0 saturated heterocycles. The van der Waals surface area contributed by atoms with E-state index in [1.165, 1.54) is 19.3 Å². The van der Waals surface area contributed by atoms with Crippen molar-refractivity contribution >= 4 is 6.01 Å². The van der Waals surface area contributed by atoms with Crippen LogP contribution < -0.4 is 5.73 Å². The van der Waals surface area contributed by atoms with Crippen molar-refractivity contribution in [2.45, 2.75) is 39.0 Å². The highest BCUT2D eigenvalue weighted by Crippen LogP contribution is 2.05. The van der Waals surface area contributed by atoms with E-state index >= 15 is 0 Å². The van der Waals surface area contributed by atoms with Crippen molar-refractivity contribution in [1.82, 2.24) is 10.1 Å². The molecule has 0 saturated carbocycles. The van der Waals surface area contributed by atoms with Crippen LogP contribution in [0, 0.1) is 0 Å². The molecule has 4 heteroatoms. The number of nitrogen functional groups attached to an aromatic ring is 1. The van der Waals surface area contributed by atoms with Crippen LogP contribution in [0.2, 0.25) is 0 Å². The summed E-state index contributed by atoms with van der Waals surface area (Å²) < 4.78 is 4.64. The standard InChI is InChI=1S/C8H15N3O/c1-2-3-4-5-6-7-10-8(9)12-11-7/h2-6H2,1H3,(H2,9,10,11). The van der Waals surface area contributed by atoms with E-state index in [0.29, 0.717) is 0 Å². The summed E-state index contributed by atoms with van der Waals surface area (Å²) in [6, 6.07) is 0.167. The summed E-state index contributed by atoms with van der Waals surface area (Å²) in [5.74, 6) is 0.726. The Hall–Kier alpha value is -1.06. The first kappa shape index (κ1) is 9.03. The lowest BCUT2D eigenvalue weighted by molar-refractivity contribution is 0.425. The fraction of sp³-hybridized carbons (Fsp3) is 0.750. The monoisotopic (exact) mass is 169 g/mol. The second-order valence-corrected chi connectivity index (χ2v) is 2.86. The largest absolute Gasteiger partial charge is 0.351 e. The van der Waals surface area contributed by atoms with E-state index in [-0.39, 0.29) is 6.01 Å². The molecule has 4 nitrogen and oxygen atoms in total. The molecule has 0 aliphatic rings. The first-order valence-electron chi connectivity index (χ1n) is 4.41. The van der Waals surface area contributed by atoms with E-state index < -0.39 is 0 Å². The van der Waals surface area contributed by atoms with Gasteiger partial charge in [-0.05, 0) is 6.42 Å². The van der Waals surface area contributed by atoms with Crippen molar-refractivity contribution in [3.8, 4) is 0 Å². The maximum Gasteiger partial charge on any atom is 0.318 e. The molecule has 1 rings (SSSR count). The second-order valence-electron chi connectivity index (χ2n) is 2.86. The van der Waals surface area contributed by atoms with Crippen molar-refractivity contribution in [3.05, 3.63) is 5.82 Å². The minimum Gasteiger partial charge on any atom is -0.351 e. The van der Waals surface area contributed by atoms with Gasteiger partial charge in [0.1, 0.15) is 0 Å². The molecule has 0 aromatic carbocycles. The number of hydrogen-bond acceptors (Lipinski definition) is 4. The number of hydrogen-bond donors (Lipinski definition) is 1. The number of unbranched alkanes of at least 4 members (excludes halogenated alkanes) is 3. The molecular formula is C8H15N3O. The van der Waals surface area contributed by atoms with Crippen LogP contribution in [-0.4, -0.2) is 10.1 Å². The van der Waals surface area contributed by atoms with Gasteiger partial charge < -0.3 is 10.3 Å². The van der Waals surface area contributed by atoms with Crippen LogP contribution in [-0.2, 0) is 6.42 Å². The Balaban J connectivity index is 2.15. The molecule has 0 unspecified atom stereocenters. The highest BCUT2D eigenvalue weighted by Gasteiger charge is 2.00. The smallest absolute Gasteiger partial charge is 0.318 e. The van der Waals surface area contributed by atoms with Gasteiger partial charge in [0.15, 0.2) is 5.82 Å². The predicted molar refractivity (Wildman–Crippen MR) is 46.6 cm³/mol. The third kappa shape index (κ3) is 2.90. The van der Waals surface area contributed by atoms with Crippen LogP contribution in [0.1, 0.15) is 38.4 Å². The topological polar surface area (TPSA) is 64.9 Å². The van der Waals surface area contributed by atoms with E-state index in [4.69, 9.17) is 5.73 Å². The van der Waals surface area contributed by atoms with Gasteiger partial charge in [-0.3, -0.25) is 0 Å². The number of nitrogens with zero attached hydrogens (tertiary/aromatic N) is 2. The lowest BCUT2D eigenvalue weighted by atomic mass is 10.1. The van der Waals surface area contributed by atoms with Crippen LogP contribution in [0.3, 0.4) is 0 Å². The van der Waals surface area contributed by atoms with Crippen LogP contribution >= 0.6 is 0 Å². The SMILES string of the molecule is CCCCCCc1noc(N)n1. The van der Waals surface area contributed by atoms with Crippen LogP contribution in [0.5, 0.6) is 0 Å². The van der Waals surface area contributed by atoms with Crippen LogP contribution in [0.25, 0.3) is 0 Å². The molecular weight excluding hydrogens is 154 g/mol. The normalized spacial score (nSPS) is 10.4. The molecule has 0 fully saturated rings. The zero-order chi connectivity index (χ0) is 8.81. The number of nitrogens with two attached hydrogens (primary N) is 1. The number of rotatable bonds is 5. The number of anilines is 1. The molecule has 0 spiro atoms. The molecule has 68 valence electrons. The molecule has 1 heterocycles. The summed E-state index contributed by atoms with van der Waals surface area (Å²) in [6.45, 7) is 2.19. The van der Waals surface area contributed by atoms with Gasteiger partial charge in [-0.2, -0.15) is 4.98 Å². The molecule has 12 heavy (non-hydrogen) atoms. The van der Waals surface area contributed by atoms with Gasteiger partial charge in [0, 0.05) is 6.42 Å². The fourth-order valence-corrected chi connectivity index (χ4v) is 1.08. The number of aryl methyl sites for hydroxylation is 1. The molecule has 1 aromatic heterocycles. The molecule has 0 aliphatic carbocycles. The van der Waals surface area contributed by atoms with E-state index in [0.717, 1.165) is 18.7 Å². The minimum absolute atomic E-state index is 0.167.